The van der Waals surface area contributed by atoms with Gasteiger partial charge in [0.15, 0.2) is 0 Å². The molecule has 88 valence electrons. The first-order valence-electron chi connectivity index (χ1n) is 6.29. The summed E-state index contributed by atoms with van der Waals surface area (Å²) in [5.74, 6) is 5.04. The molecule has 1 heterocycles. The third kappa shape index (κ3) is 3.86. The van der Waals surface area contributed by atoms with Crippen LogP contribution in [0.25, 0.3) is 0 Å². The predicted molar refractivity (Wildman–Crippen MR) is 73.0 cm³/mol. The molecule has 0 radical (unpaired) electrons. The average Bonchev–Trinajstić information content (AvgIpc) is 2.81. The van der Waals surface area contributed by atoms with Gasteiger partial charge in [-0.2, -0.15) is 23.5 Å². The summed E-state index contributed by atoms with van der Waals surface area (Å²) in [7, 11) is 0. The maximum absolute atomic E-state index is 3.76. The molecular formula is C12H23NS2. The molecule has 0 aromatic heterocycles. The average molecular weight is 245 g/mol. The number of thioether (sulfide) groups is 2. The van der Waals surface area contributed by atoms with Gasteiger partial charge in [-0.15, -0.1) is 0 Å². The zero-order valence-electron chi connectivity index (χ0n) is 9.71. The summed E-state index contributed by atoms with van der Waals surface area (Å²) in [6, 6.07) is 0.750. The molecule has 2 fully saturated rings. The van der Waals surface area contributed by atoms with Crippen LogP contribution in [0.1, 0.15) is 32.6 Å². The fourth-order valence-electron chi connectivity index (χ4n) is 2.60. The number of hydrogen-bond acceptors (Lipinski definition) is 3. The van der Waals surface area contributed by atoms with Gasteiger partial charge in [0.25, 0.3) is 0 Å². The minimum absolute atomic E-state index is 0.750. The van der Waals surface area contributed by atoms with E-state index in [2.05, 4.69) is 35.8 Å². The third-order valence-electron chi connectivity index (χ3n) is 3.66. The molecule has 0 aromatic rings. The van der Waals surface area contributed by atoms with E-state index in [0.29, 0.717) is 0 Å². The van der Waals surface area contributed by atoms with Crippen molar-refractivity contribution < 1.29 is 0 Å². The summed E-state index contributed by atoms with van der Waals surface area (Å²) >= 11 is 4.29. The Morgan fingerprint density at radius 3 is 2.73 bits per heavy atom. The van der Waals surface area contributed by atoms with Crippen molar-refractivity contribution in [1.29, 1.82) is 0 Å². The van der Waals surface area contributed by atoms with Gasteiger partial charge < -0.3 is 5.32 Å². The molecule has 3 heteroatoms. The summed E-state index contributed by atoms with van der Waals surface area (Å²) in [5, 5.41) is 4.63. The molecular weight excluding hydrogens is 222 g/mol. The fraction of sp³-hybridized carbons (Fsp3) is 1.00. The van der Waals surface area contributed by atoms with Gasteiger partial charge in [0.1, 0.15) is 0 Å². The molecule has 0 spiro atoms. The van der Waals surface area contributed by atoms with E-state index in [4.69, 9.17) is 0 Å². The van der Waals surface area contributed by atoms with Crippen molar-refractivity contribution in [1.82, 2.24) is 5.32 Å². The molecule has 0 aromatic carbocycles. The van der Waals surface area contributed by atoms with Gasteiger partial charge in [0.2, 0.25) is 0 Å². The van der Waals surface area contributed by atoms with Crippen molar-refractivity contribution in [2.75, 3.05) is 23.8 Å². The van der Waals surface area contributed by atoms with Gasteiger partial charge >= 0.3 is 0 Å². The molecule has 1 saturated carbocycles. The van der Waals surface area contributed by atoms with Gasteiger partial charge in [-0.05, 0) is 25.7 Å². The Morgan fingerprint density at radius 2 is 2.07 bits per heavy atom. The number of nitrogens with one attached hydrogen (secondary N) is 1. The normalized spacial score (nSPS) is 30.6. The van der Waals surface area contributed by atoms with Gasteiger partial charge in [-0.1, -0.05) is 12.8 Å². The first kappa shape index (κ1) is 12.1. The lowest BCUT2D eigenvalue weighted by Gasteiger charge is -2.26. The van der Waals surface area contributed by atoms with E-state index in [0.717, 1.165) is 17.2 Å². The maximum Gasteiger partial charge on any atom is 0.0263 e. The van der Waals surface area contributed by atoms with E-state index in [1.54, 1.807) is 0 Å². The lowest BCUT2D eigenvalue weighted by Crippen LogP contribution is -2.38. The summed E-state index contributed by atoms with van der Waals surface area (Å²) in [6.07, 6.45) is 5.84. The molecule has 15 heavy (non-hydrogen) atoms. The molecule has 1 aliphatic heterocycles. The summed E-state index contributed by atoms with van der Waals surface area (Å²) in [5.41, 5.74) is 0. The smallest absolute Gasteiger partial charge is 0.0263 e. The minimum Gasteiger partial charge on any atom is -0.313 e. The second-order valence-electron chi connectivity index (χ2n) is 4.81. The molecule has 1 aliphatic carbocycles. The van der Waals surface area contributed by atoms with E-state index in [1.807, 2.05) is 0 Å². The van der Waals surface area contributed by atoms with Crippen molar-refractivity contribution in [3.05, 3.63) is 0 Å². The number of hydrogen-bond donors (Lipinski definition) is 1. The van der Waals surface area contributed by atoms with E-state index < -0.39 is 0 Å². The minimum atomic E-state index is 0.750. The lowest BCUT2D eigenvalue weighted by atomic mass is 10.00. The molecule has 1 saturated heterocycles. The third-order valence-corrected chi connectivity index (χ3v) is 6.50. The number of rotatable bonds is 4. The monoisotopic (exact) mass is 245 g/mol. The maximum atomic E-state index is 3.76. The highest BCUT2D eigenvalue weighted by molar-refractivity contribution is 8.06. The van der Waals surface area contributed by atoms with Crippen molar-refractivity contribution in [2.24, 2.45) is 5.92 Å². The Balaban J connectivity index is 1.63. The first-order chi connectivity index (χ1) is 7.36. The second kappa shape index (κ2) is 6.41. The Labute approximate surface area is 103 Å². The Hall–Kier alpha value is 0.660. The van der Waals surface area contributed by atoms with Crippen molar-refractivity contribution in [2.45, 2.75) is 43.9 Å². The Bertz CT molecular complexity index is 174. The van der Waals surface area contributed by atoms with Crippen LogP contribution in [-0.4, -0.2) is 35.1 Å². The molecule has 0 bridgehead atoms. The Kier molecular flexibility index (Phi) is 5.18. The van der Waals surface area contributed by atoms with E-state index in [-0.39, 0.29) is 0 Å². The molecule has 1 N–H and O–H groups in total. The van der Waals surface area contributed by atoms with Crippen molar-refractivity contribution in [3.63, 3.8) is 0 Å². The zero-order valence-corrected chi connectivity index (χ0v) is 11.3. The topological polar surface area (TPSA) is 12.0 Å². The van der Waals surface area contributed by atoms with Crippen LogP contribution in [0, 0.1) is 5.92 Å². The quantitative estimate of drug-likeness (QED) is 0.818. The van der Waals surface area contributed by atoms with Crippen LogP contribution < -0.4 is 5.32 Å². The fourth-order valence-corrected chi connectivity index (χ4v) is 5.22. The molecule has 2 atom stereocenters. The van der Waals surface area contributed by atoms with E-state index >= 15 is 0 Å². The lowest BCUT2D eigenvalue weighted by molar-refractivity contribution is 0.384. The van der Waals surface area contributed by atoms with Gasteiger partial charge in [-0.3, -0.25) is 0 Å². The summed E-state index contributed by atoms with van der Waals surface area (Å²) in [4.78, 5) is 0. The SMILES string of the molecule is CC(NCC1CSCCS1)C1CCCC1. The predicted octanol–water partition coefficient (Wildman–Crippen LogP) is 3.00. The van der Waals surface area contributed by atoms with Gasteiger partial charge in [0, 0.05) is 35.1 Å². The Morgan fingerprint density at radius 1 is 1.27 bits per heavy atom. The molecule has 0 amide bonds. The highest BCUT2D eigenvalue weighted by Gasteiger charge is 2.22. The van der Waals surface area contributed by atoms with Crippen LogP contribution in [0.15, 0.2) is 0 Å². The molecule has 1 nitrogen and oxygen atoms in total. The van der Waals surface area contributed by atoms with E-state index in [9.17, 15) is 0 Å². The summed E-state index contributed by atoms with van der Waals surface area (Å²) in [6.45, 7) is 3.62. The van der Waals surface area contributed by atoms with Gasteiger partial charge in [-0.25, -0.2) is 0 Å². The van der Waals surface area contributed by atoms with Crippen LogP contribution in [-0.2, 0) is 0 Å². The van der Waals surface area contributed by atoms with Crippen LogP contribution in [0.5, 0.6) is 0 Å². The first-order valence-corrected chi connectivity index (χ1v) is 8.49. The molecule has 2 rings (SSSR count). The second-order valence-corrected chi connectivity index (χ2v) is 7.37. The van der Waals surface area contributed by atoms with Crippen LogP contribution >= 0.6 is 23.5 Å². The zero-order chi connectivity index (χ0) is 10.5. The highest BCUT2D eigenvalue weighted by Crippen LogP contribution is 2.28. The highest BCUT2D eigenvalue weighted by atomic mass is 32.2. The standard InChI is InChI=1S/C12H23NS2/c1-10(11-4-2-3-5-11)13-8-12-9-14-6-7-15-12/h10-13H,2-9H2,1H3. The van der Waals surface area contributed by atoms with Crippen molar-refractivity contribution >= 4 is 23.5 Å². The molecule has 2 unspecified atom stereocenters. The van der Waals surface area contributed by atoms with Crippen LogP contribution in [0.4, 0.5) is 0 Å². The summed E-state index contributed by atoms with van der Waals surface area (Å²) < 4.78 is 0. The van der Waals surface area contributed by atoms with Gasteiger partial charge in [0.05, 0.1) is 0 Å². The largest absolute Gasteiger partial charge is 0.313 e. The van der Waals surface area contributed by atoms with Crippen LogP contribution in [0.2, 0.25) is 0 Å². The van der Waals surface area contributed by atoms with Crippen LogP contribution in [0.3, 0.4) is 0 Å². The van der Waals surface area contributed by atoms with Crippen molar-refractivity contribution in [3.8, 4) is 0 Å². The molecule has 2 aliphatic rings. The van der Waals surface area contributed by atoms with E-state index in [1.165, 1.54) is 49.5 Å².